The minimum atomic E-state index is -1.72. The number of nitrogens with zero attached hydrogens (tertiary/aromatic N) is 4. The van der Waals surface area contributed by atoms with Gasteiger partial charge in [-0.2, -0.15) is 0 Å². The molecule has 0 fully saturated rings. The first-order chi connectivity index (χ1) is 27.5. The van der Waals surface area contributed by atoms with Crippen molar-refractivity contribution in [3.8, 4) is 39.5 Å². The Bertz CT molecular complexity index is 2810. The predicted octanol–water partition coefficient (Wildman–Crippen LogP) is 13.1. The van der Waals surface area contributed by atoms with Crippen molar-refractivity contribution in [1.82, 2.24) is 19.5 Å². The van der Waals surface area contributed by atoms with E-state index < -0.39 is 13.3 Å². The van der Waals surface area contributed by atoms with Crippen LogP contribution in [0.2, 0.25) is 17.3 Å². The first-order valence-corrected chi connectivity index (χ1v) is 27.2. The molecule has 0 bridgehead atoms. The van der Waals surface area contributed by atoms with Crippen LogP contribution in [0.25, 0.3) is 72.4 Å². The topological polar surface area (TPSA) is 56.7 Å². The molecule has 0 saturated carbocycles. The number of benzene rings is 5. The van der Waals surface area contributed by atoms with E-state index in [1.54, 1.807) is 0 Å². The largest absolute Gasteiger partial charge is 0 e. The number of pyridine rings is 2. The first kappa shape index (κ1) is 41.0. The van der Waals surface area contributed by atoms with Gasteiger partial charge < -0.3 is 8.98 Å². The number of fused-ring (bicyclic) bond motifs is 4. The van der Waals surface area contributed by atoms with Gasteiger partial charge in [0.2, 0.25) is 0 Å². The monoisotopic (exact) mass is 999 g/mol. The second kappa shape index (κ2) is 17.0. The Morgan fingerprint density at radius 3 is 2.02 bits per heavy atom. The number of furan rings is 1. The van der Waals surface area contributed by atoms with Gasteiger partial charge in [0.05, 0.1) is 28.1 Å². The smallest absolute Gasteiger partial charge is 0 e. The van der Waals surface area contributed by atoms with Crippen LogP contribution in [-0.4, -0.2) is 32.8 Å². The zero-order chi connectivity index (χ0) is 39.8. The molecule has 9 aromatic rings. The van der Waals surface area contributed by atoms with Crippen LogP contribution in [0, 0.1) is 19.1 Å². The average Bonchev–Trinajstić information content (AvgIpc) is 3.81. The van der Waals surface area contributed by atoms with Gasteiger partial charge in [-0.05, 0) is 71.3 Å². The van der Waals surface area contributed by atoms with Crippen molar-refractivity contribution in [2.75, 3.05) is 0 Å². The van der Waals surface area contributed by atoms with E-state index in [4.69, 9.17) is 9.40 Å². The minimum Gasteiger partial charge on any atom is 0 e. The van der Waals surface area contributed by atoms with E-state index in [9.17, 15) is 0 Å². The molecule has 0 aliphatic carbocycles. The van der Waals surface area contributed by atoms with Gasteiger partial charge in [-0.1, -0.05) is 81.1 Å². The fourth-order valence-electron chi connectivity index (χ4n) is 7.55. The summed E-state index contributed by atoms with van der Waals surface area (Å²) in [5, 5.41) is 2.11. The molecular formula is C51H48GeIrN4O-2. The van der Waals surface area contributed by atoms with E-state index in [0.29, 0.717) is 11.8 Å². The van der Waals surface area contributed by atoms with Crippen LogP contribution in [0.3, 0.4) is 0 Å². The van der Waals surface area contributed by atoms with Crippen molar-refractivity contribution in [2.45, 2.75) is 63.7 Å². The van der Waals surface area contributed by atoms with Crippen molar-refractivity contribution < 1.29 is 24.5 Å². The summed E-state index contributed by atoms with van der Waals surface area (Å²) in [4.78, 5) is 14.2. The predicted molar refractivity (Wildman–Crippen MR) is 240 cm³/mol. The second-order valence-electron chi connectivity index (χ2n) is 16.4. The fourth-order valence-corrected chi connectivity index (χ4v) is 9.72. The fraction of sp³-hybridized carbons (Fsp3) is 0.196. The van der Waals surface area contributed by atoms with Crippen molar-refractivity contribution in [3.05, 3.63) is 163 Å². The number of imidazole rings is 1. The molecule has 9 rings (SSSR count). The van der Waals surface area contributed by atoms with Gasteiger partial charge in [0.25, 0.3) is 0 Å². The normalized spacial score (nSPS) is 11.6. The van der Waals surface area contributed by atoms with Crippen LogP contribution < -0.4 is 4.40 Å². The van der Waals surface area contributed by atoms with Crippen molar-refractivity contribution >= 4 is 50.6 Å². The molecule has 0 saturated heterocycles. The molecule has 0 aliphatic heterocycles. The van der Waals surface area contributed by atoms with E-state index in [-0.39, 0.29) is 20.1 Å². The Balaban J connectivity index is 0.000000254. The zero-order valence-corrected chi connectivity index (χ0v) is 38.9. The van der Waals surface area contributed by atoms with Gasteiger partial charge in [0, 0.05) is 37.4 Å². The van der Waals surface area contributed by atoms with Gasteiger partial charge in [0.1, 0.15) is 5.58 Å². The second-order valence-corrected chi connectivity index (χ2v) is 27.0. The summed E-state index contributed by atoms with van der Waals surface area (Å²) in [6.07, 6.45) is 3.88. The summed E-state index contributed by atoms with van der Waals surface area (Å²) in [6.45, 7) is 11.1. The maximum absolute atomic E-state index is 6.54. The number of aryl methyl sites for hydroxylation is 1. The number of aromatic nitrogens is 4. The molecule has 0 unspecified atom stereocenters. The van der Waals surface area contributed by atoms with Crippen molar-refractivity contribution in [3.63, 3.8) is 0 Å². The maximum Gasteiger partial charge on any atom is 0 e. The number of rotatable bonds is 7. The van der Waals surface area contributed by atoms with Crippen LogP contribution in [0.4, 0.5) is 0 Å². The first-order valence-electron chi connectivity index (χ1n) is 19.8. The van der Waals surface area contributed by atoms with Gasteiger partial charge in [-0.25, -0.2) is 0 Å². The SMILES string of the molecule is Cc1nccc2c1oc1c(-c3nc4ccccc4n3-c3c(C(C)C)cc(-c4ccccc4)cc3C(C)C)[c-]ccc12.[CH3][Ge]([CH3])([CH3])[c]1ccc(-c2[c-]cccc2)nc1.[Ir]. The van der Waals surface area contributed by atoms with Crippen LogP contribution in [0.5, 0.6) is 0 Å². The van der Waals surface area contributed by atoms with E-state index in [1.165, 1.54) is 32.3 Å². The standard InChI is InChI=1S/C37H32N3O.C14H16GeN.Ir/c1-22(2)30-20-26(25-12-7-6-8-13-25)21-31(23(3)4)34(30)40-33-17-10-9-16-32(33)39-37(40)29-15-11-14-27-28-18-19-38-24(5)35(28)41-36(27)29;1-15(2,3)13-9-10-14(16-11-13)12-7-5-4-6-8-12;/h6-14,16-23H,1-5H3;4-7,9-11H,1-3H3;/q2*-1;. The van der Waals surface area contributed by atoms with Gasteiger partial charge in [0.15, 0.2) is 0 Å². The summed E-state index contributed by atoms with van der Waals surface area (Å²) in [7, 11) is 0. The van der Waals surface area contributed by atoms with Crippen molar-refractivity contribution in [2.24, 2.45) is 0 Å². The Kier molecular flexibility index (Phi) is 12.0. The number of hydrogen-bond donors (Lipinski definition) is 0. The molecule has 4 aromatic heterocycles. The third kappa shape index (κ3) is 7.98. The summed E-state index contributed by atoms with van der Waals surface area (Å²) in [5.41, 5.74) is 13.6. The van der Waals surface area contributed by atoms with E-state index >= 15 is 0 Å². The maximum atomic E-state index is 6.54. The molecule has 0 aliphatic rings. The molecule has 293 valence electrons. The molecule has 7 heteroatoms. The Morgan fingerprint density at radius 2 is 1.36 bits per heavy atom. The molecule has 58 heavy (non-hydrogen) atoms. The van der Waals surface area contributed by atoms with Crippen LogP contribution in [-0.2, 0) is 20.1 Å². The Labute approximate surface area is 358 Å². The molecule has 5 aromatic carbocycles. The molecule has 0 atom stereocenters. The minimum absolute atomic E-state index is 0. The zero-order valence-electron chi connectivity index (χ0n) is 34.4. The van der Waals surface area contributed by atoms with Crippen LogP contribution in [0.15, 0.2) is 138 Å². The van der Waals surface area contributed by atoms with E-state index in [2.05, 4.69) is 157 Å². The Morgan fingerprint density at radius 1 is 0.672 bits per heavy atom. The Hall–Kier alpha value is -5.14. The van der Waals surface area contributed by atoms with Crippen LogP contribution in [0.1, 0.15) is 56.4 Å². The van der Waals surface area contributed by atoms with Gasteiger partial charge in [-0.3, -0.25) is 9.97 Å². The van der Waals surface area contributed by atoms with Gasteiger partial charge >= 0.3 is 99.8 Å². The quantitative estimate of drug-likeness (QED) is 0.118. The molecular weight excluding hydrogens is 949 g/mol. The van der Waals surface area contributed by atoms with Gasteiger partial charge in [-0.15, -0.1) is 18.2 Å². The van der Waals surface area contributed by atoms with E-state index in [1.807, 2.05) is 55.7 Å². The third-order valence-electron chi connectivity index (χ3n) is 10.7. The number of hydrogen-bond acceptors (Lipinski definition) is 4. The molecule has 4 heterocycles. The molecule has 0 spiro atoms. The summed E-state index contributed by atoms with van der Waals surface area (Å²) < 4.78 is 10.3. The summed E-state index contributed by atoms with van der Waals surface area (Å²) >= 11 is -1.72. The molecule has 1 radical (unpaired) electrons. The summed E-state index contributed by atoms with van der Waals surface area (Å²) in [5.74, 6) is 8.56. The number of para-hydroxylation sites is 2. The van der Waals surface area contributed by atoms with E-state index in [0.717, 1.165) is 61.3 Å². The summed E-state index contributed by atoms with van der Waals surface area (Å²) in [6, 6.07) is 48.9. The van der Waals surface area contributed by atoms with Crippen molar-refractivity contribution in [1.29, 1.82) is 0 Å². The van der Waals surface area contributed by atoms with Crippen LogP contribution >= 0.6 is 0 Å². The average molecular weight is 998 g/mol. The third-order valence-corrected chi connectivity index (χ3v) is 14.9. The molecule has 5 nitrogen and oxygen atoms in total. The molecule has 0 amide bonds. The molecule has 0 N–H and O–H groups in total.